The van der Waals surface area contributed by atoms with Crippen molar-refractivity contribution in [2.45, 2.75) is 32.8 Å². The second-order valence-corrected chi connectivity index (χ2v) is 5.22. The Morgan fingerprint density at radius 3 is 2.25 bits per heavy atom. The predicted molar refractivity (Wildman–Crippen MR) is 82.2 cm³/mol. The average molecular weight is 270 g/mol. The molecular formula is C18H22O2. The van der Waals surface area contributed by atoms with Gasteiger partial charge in [-0.05, 0) is 54.7 Å². The van der Waals surface area contributed by atoms with Crippen LogP contribution in [0.3, 0.4) is 0 Å². The fraction of sp³-hybridized carbons (Fsp3) is 0.333. The van der Waals surface area contributed by atoms with E-state index in [1.165, 1.54) is 0 Å². The molecule has 1 unspecified atom stereocenters. The zero-order valence-corrected chi connectivity index (χ0v) is 12.6. The summed E-state index contributed by atoms with van der Waals surface area (Å²) in [6.45, 7) is 6.02. The first kappa shape index (κ1) is 14.6. The third kappa shape index (κ3) is 2.44. The molecule has 1 atom stereocenters. The first-order chi connectivity index (χ1) is 9.52. The third-order valence-corrected chi connectivity index (χ3v) is 3.95. The maximum Gasteiger partial charge on any atom is 0.122 e. The molecule has 0 heterocycles. The van der Waals surface area contributed by atoms with Gasteiger partial charge in [-0.25, -0.2) is 0 Å². The first-order valence-corrected chi connectivity index (χ1v) is 6.96. The average Bonchev–Trinajstić information content (AvgIpc) is 2.49. The van der Waals surface area contributed by atoms with E-state index in [1.807, 2.05) is 63.2 Å². The number of hydrogen-bond acceptors (Lipinski definition) is 2. The molecule has 0 saturated heterocycles. The number of hydrogen-bond donors (Lipinski definition) is 1. The van der Waals surface area contributed by atoms with E-state index in [0.717, 1.165) is 28.0 Å². The zero-order chi connectivity index (χ0) is 14.8. The van der Waals surface area contributed by atoms with E-state index < -0.39 is 5.60 Å². The molecule has 0 bridgehead atoms. The summed E-state index contributed by atoms with van der Waals surface area (Å²) in [7, 11) is 1.67. The molecule has 0 fully saturated rings. The summed E-state index contributed by atoms with van der Waals surface area (Å²) < 4.78 is 5.35. The summed E-state index contributed by atoms with van der Waals surface area (Å²) in [6, 6.07) is 13.9. The van der Waals surface area contributed by atoms with E-state index in [4.69, 9.17) is 4.74 Å². The first-order valence-electron chi connectivity index (χ1n) is 6.96. The van der Waals surface area contributed by atoms with Gasteiger partial charge in [0, 0.05) is 0 Å². The number of aryl methyl sites for hydroxylation is 2. The number of aliphatic hydroxyl groups is 1. The molecule has 0 aromatic heterocycles. The molecule has 0 aliphatic carbocycles. The van der Waals surface area contributed by atoms with Gasteiger partial charge in [-0.2, -0.15) is 0 Å². The fourth-order valence-electron chi connectivity index (χ4n) is 2.72. The van der Waals surface area contributed by atoms with E-state index in [9.17, 15) is 5.11 Å². The van der Waals surface area contributed by atoms with E-state index in [2.05, 4.69) is 0 Å². The maximum absolute atomic E-state index is 11.2. The minimum Gasteiger partial charge on any atom is -0.496 e. The fourth-order valence-corrected chi connectivity index (χ4v) is 2.72. The summed E-state index contributed by atoms with van der Waals surface area (Å²) in [6.07, 6.45) is 0.629. The Labute approximate surface area is 121 Å². The third-order valence-electron chi connectivity index (χ3n) is 3.95. The Kier molecular flexibility index (Phi) is 4.15. The van der Waals surface area contributed by atoms with Crippen LogP contribution in [-0.4, -0.2) is 12.2 Å². The Morgan fingerprint density at radius 1 is 1.05 bits per heavy atom. The lowest BCUT2D eigenvalue weighted by Crippen LogP contribution is -2.27. The highest BCUT2D eigenvalue weighted by Crippen LogP contribution is 2.37. The van der Waals surface area contributed by atoms with Crippen LogP contribution in [-0.2, 0) is 5.60 Å². The minimum atomic E-state index is -0.956. The van der Waals surface area contributed by atoms with Gasteiger partial charge in [-0.15, -0.1) is 0 Å². The monoisotopic (exact) mass is 270 g/mol. The normalized spacial score (nSPS) is 13.8. The summed E-state index contributed by atoms with van der Waals surface area (Å²) >= 11 is 0. The highest BCUT2D eigenvalue weighted by atomic mass is 16.5. The van der Waals surface area contributed by atoms with Crippen molar-refractivity contribution in [3.8, 4) is 5.75 Å². The second kappa shape index (κ2) is 5.68. The van der Waals surface area contributed by atoms with Crippen LogP contribution < -0.4 is 4.74 Å². The summed E-state index contributed by atoms with van der Waals surface area (Å²) in [4.78, 5) is 0. The van der Waals surface area contributed by atoms with Gasteiger partial charge >= 0.3 is 0 Å². The molecule has 2 rings (SSSR count). The number of benzene rings is 2. The van der Waals surface area contributed by atoms with Gasteiger partial charge < -0.3 is 9.84 Å². The SMILES string of the molecule is CCC(O)(c1ccccc1)c1cc(C)c(OC)cc1C. The summed E-state index contributed by atoms with van der Waals surface area (Å²) in [5, 5.41) is 11.2. The van der Waals surface area contributed by atoms with E-state index >= 15 is 0 Å². The molecule has 0 aliphatic heterocycles. The molecule has 2 heteroatoms. The number of methoxy groups -OCH3 is 1. The van der Waals surface area contributed by atoms with Crippen LogP contribution in [0.1, 0.15) is 35.6 Å². The summed E-state index contributed by atoms with van der Waals surface area (Å²) in [5.74, 6) is 0.859. The van der Waals surface area contributed by atoms with E-state index in [0.29, 0.717) is 6.42 Å². The van der Waals surface area contributed by atoms with Crippen LogP contribution in [0.2, 0.25) is 0 Å². The van der Waals surface area contributed by atoms with Gasteiger partial charge in [-0.3, -0.25) is 0 Å². The van der Waals surface area contributed by atoms with Crippen LogP contribution in [0.5, 0.6) is 5.75 Å². The minimum absolute atomic E-state index is 0.629. The highest BCUT2D eigenvalue weighted by molar-refractivity contribution is 5.47. The van der Waals surface area contributed by atoms with Crippen molar-refractivity contribution >= 4 is 0 Å². The van der Waals surface area contributed by atoms with Gasteiger partial charge in [0.05, 0.1) is 7.11 Å². The van der Waals surface area contributed by atoms with Gasteiger partial charge in [0.15, 0.2) is 0 Å². The van der Waals surface area contributed by atoms with Gasteiger partial charge in [0.2, 0.25) is 0 Å². The lowest BCUT2D eigenvalue weighted by atomic mass is 9.81. The van der Waals surface area contributed by atoms with E-state index in [1.54, 1.807) is 7.11 Å². The van der Waals surface area contributed by atoms with Crippen molar-refractivity contribution in [1.82, 2.24) is 0 Å². The van der Waals surface area contributed by atoms with E-state index in [-0.39, 0.29) is 0 Å². The number of rotatable bonds is 4. The number of ether oxygens (including phenoxy) is 1. The Balaban J connectivity index is 2.61. The van der Waals surface area contributed by atoms with Crippen molar-refractivity contribution in [1.29, 1.82) is 0 Å². The standard InChI is InChI=1S/C18H22O2/c1-5-18(19,15-9-7-6-8-10-15)16-11-14(3)17(20-4)12-13(16)2/h6-12,19H,5H2,1-4H3. The molecule has 2 aromatic rings. The quantitative estimate of drug-likeness (QED) is 0.911. The van der Waals surface area contributed by atoms with Crippen molar-refractivity contribution in [2.75, 3.05) is 7.11 Å². The van der Waals surface area contributed by atoms with Gasteiger partial charge in [0.1, 0.15) is 11.4 Å². The largest absolute Gasteiger partial charge is 0.496 e. The van der Waals surface area contributed by atoms with Crippen molar-refractivity contribution < 1.29 is 9.84 Å². The van der Waals surface area contributed by atoms with Crippen molar-refractivity contribution in [2.24, 2.45) is 0 Å². The molecule has 0 saturated carbocycles. The Hall–Kier alpha value is -1.80. The second-order valence-electron chi connectivity index (χ2n) is 5.22. The Morgan fingerprint density at radius 2 is 1.70 bits per heavy atom. The van der Waals surface area contributed by atoms with Crippen LogP contribution in [0.4, 0.5) is 0 Å². The lowest BCUT2D eigenvalue weighted by molar-refractivity contribution is 0.0757. The smallest absolute Gasteiger partial charge is 0.122 e. The van der Waals surface area contributed by atoms with Crippen molar-refractivity contribution in [3.05, 3.63) is 64.7 Å². The molecule has 20 heavy (non-hydrogen) atoms. The molecular weight excluding hydrogens is 248 g/mol. The molecule has 106 valence electrons. The van der Waals surface area contributed by atoms with Gasteiger partial charge in [0.25, 0.3) is 0 Å². The summed E-state index contributed by atoms with van der Waals surface area (Å²) in [5.41, 5.74) is 3.00. The molecule has 2 aromatic carbocycles. The maximum atomic E-state index is 11.2. The predicted octanol–water partition coefficient (Wildman–Crippen LogP) is 3.96. The van der Waals surface area contributed by atoms with Crippen LogP contribution in [0.15, 0.2) is 42.5 Å². The Bertz CT molecular complexity index is 590. The molecule has 0 spiro atoms. The zero-order valence-electron chi connectivity index (χ0n) is 12.6. The van der Waals surface area contributed by atoms with Crippen LogP contribution in [0.25, 0.3) is 0 Å². The van der Waals surface area contributed by atoms with Crippen LogP contribution in [0, 0.1) is 13.8 Å². The molecule has 0 radical (unpaired) electrons. The molecule has 2 nitrogen and oxygen atoms in total. The van der Waals surface area contributed by atoms with Crippen molar-refractivity contribution in [3.63, 3.8) is 0 Å². The lowest BCUT2D eigenvalue weighted by Gasteiger charge is -2.30. The molecule has 1 N–H and O–H groups in total. The molecule has 0 aliphatic rings. The van der Waals surface area contributed by atoms with Crippen LogP contribution >= 0.6 is 0 Å². The van der Waals surface area contributed by atoms with Gasteiger partial charge in [-0.1, -0.05) is 37.3 Å². The topological polar surface area (TPSA) is 29.5 Å². The highest BCUT2D eigenvalue weighted by Gasteiger charge is 2.31. The molecule has 0 amide bonds.